The zero-order valence-electron chi connectivity index (χ0n) is 15.4. The summed E-state index contributed by atoms with van der Waals surface area (Å²) >= 11 is 0. The van der Waals surface area contributed by atoms with Crippen LogP contribution in [0.15, 0.2) is 23.2 Å². The van der Waals surface area contributed by atoms with Crippen LogP contribution in [0.5, 0.6) is 5.75 Å². The lowest BCUT2D eigenvalue weighted by Gasteiger charge is -2.12. The minimum Gasteiger partial charge on any atom is -0.496 e. The van der Waals surface area contributed by atoms with Gasteiger partial charge in [0.25, 0.3) is 0 Å². The number of rotatable bonds is 11. The van der Waals surface area contributed by atoms with E-state index in [4.69, 9.17) is 14.2 Å². The molecule has 2 N–H and O–H groups in total. The Morgan fingerprint density at radius 2 is 1.96 bits per heavy atom. The molecule has 1 aromatic rings. The van der Waals surface area contributed by atoms with Gasteiger partial charge in [0.15, 0.2) is 5.96 Å². The Balaban J connectivity index is 2.37. The molecule has 0 heterocycles. The van der Waals surface area contributed by atoms with Crippen molar-refractivity contribution in [2.24, 2.45) is 4.99 Å². The molecule has 6 nitrogen and oxygen atoms in total. The van der Waals surface area contributed by atoms with Crippen molar-refractivity contribution in [3.8, 4) is 5.75 Å². The molecule has 24 heavy (non-hydrogen) atoms. The van der Waals surface area contributed by atoms with E-state index >= 15 is 0 Å². The van der Waals surface area contributed by atoms with Gasteiger partial charge in [0.05, 0.1) is 33.5 Å². The van der Waals surface area contributed by atoms with Gasteiger partial charge in [-0.15, -0.1) is 0 Å². The number of nitrogens with one attached hydrogen (secondary N) is 2. The van der Waals surface area contributed by atoms with E-state index in [2.05, 4.69) is 40.7 Å². The molecule has 6 heteroatoms. The molecule has 0 aliphatic carbocycles. The number of benzene rings is 1. The molecule has 0 atom stereocenters. The monoisotopic (exact) mass is 337 g/mol. The predicted molar refractivity (Wildman–Crippen MR) is 98.1 cm³/mol. The number of nitrogens with zero attached hydrogens (tertiary/aromatic N) is 1. The predicted octanol–water partition coefficient (Wildman–Crippen LogP) is 1.76. The SMILES string of the molecule is CCNC(=NCCOCCOC)NCCc1ccc(C)c(OC)c1. The minimum absolute atomic E-state index is 0.592. The third kappa shape index (κ3) is 8.17. The summed E-state index contributed by atoms with van der Waals surface area (Å²) in [6.45, 7) is 8.17. The maximum atomic E-state index is 5.41. The third-order valence-corrected chi connectivity index (χ3v) is 3.46. The zero-order chi connectivity index (χ0) is 17.6. The molecule has 0 saturated heterocycles. The van der Waals surface area contributed by atoms with Crippen molar-refractivity contribution in [2.45, 2.75) is 20.3 Å². The molecule has 0 saturated carbocycles. The number of ether oxygens (including phenoxy) is 3. The van der Waals surface area contributed by atoms with Gasteiger partial charge < -0.3 is 24.8 Å². The largest absolute Gasteiger partial charge is 0.496 e. The molecular formula is C18H31N3O3. The van der Waals surface area contributed by atoms with Crippen LogP contribution < -0.4 is 15.4 Å². The average molecular weight is 337 g/mol. The smallest absolute Gasteiger partial charge is 0.191 e. The molecule has 1 rings (SSSR count). The summed E-state index contributed by atoms with van der Waals surface area (Å²) in [4.78, 5) is 4.49. The number of hydrogen-bond acceptors (Lipinski definition) is 4. The van der Waals surface area contributed by atoms with Crippen molar-refractivity contribution in [3.05, 3.63) is 29.3 Å². The van der Waals surface area contributed by atoms with Crippen molar-refractivity contribution >= 4 is 5.96 Å². The highest BCUT2D eigenvalue weighted by atomic mass is 16.5. The first-order valence-corrected chi connectivity index (χ1v) is 8.43. The van der Waals surface area contributed by atoms with Crippen LogP contribution in [0, 0.1) is 6.92 Å². The molecule has 0 spiro atoms. The van der Waals surface area contributed by atoms with Crippen LogP contribution in [0.25, 0.3) is 0 Å². The summed E-state index contributed by atoms with van der Waals surface area (Å²) in [6, 6.07) is 6.31. The van der Waals surface area contributed by atoms with Gasteiger partial charge in [-0.25, -0.2) is 0 Å². The van der Waals surface area contributed by atoms with E-state index in [0.717, 1.165) is 36.8 Å². The molecule has 0 amide bonds. The number of methoxy groups -OCH3 is 2. The fourth-order valence-electron chi connectivity index (χ4n) is 2.15. The molecule has 1 aromatic carbocycles. The van der Waals surface area contributed by atoms with E-state index in [1.807, 2.05) is 6.92 Å². The van der Waals surface area contributed by atoms with Gasteiger partial charge in [-0.1, -0.05) is 12.1 Å². The Morgan fingerprint density at radius 3 is 2.67 bits per heavy atom. The van der Waals surface area contributed by atoms with E-state index in [9.17, 15) is 0 Å². The van der Waals surface area contributed by atoms with Gasteiger partial charge >= 0.3 is 0 Å². The number of aliphatic imine (C=N–C) groups is 1. The average Bonchev–Trinajstić information content (AvgIpc) is 2.59. The summed E-state index contributed by atoms with van der Waals surface area (Å²) in [6.07, 6.45) is 0.908. The van der Waals surface area contributed by atoms with Gasteiger partial charge in [0.1, 0.15) is 5.75 Å². The Bertz CT molecular complexity index is 492. The normalized spacial score (nSPS) is 11.4. The summed E-state index contributed by atoms with van der Waals surface area (Å²) in [5, 5.41) is 6.58. The molecule has 136 valence electrons. The van der Waals surface area contributed by atoms with Crippen molar-refractivity contribution in [1.29, 1.82) is 0 Å². The lowest BCUT2D eigenvalue weighted by atomic mass is 10.1. The minimum atomic E-state index is 0.592. The molecule has 0 radical (unpaired) electrons. The number of guanidine groups is 1. The lowest BCUT2D eigenvalue weighted by Crippen LogP contribution is -2.38. The van der Waals surface area contributed by atoms with E-state index in [0.29, 0.717) is 26.4 Å². The van der Waals surface area contributed by atoms with Crippen LogP contribution in [-0.4, -0.2) is 59.6 Å². The second kappa shape index (κ2) is 12.6. The zero-order valence-corrected chi connectivity index (χ0v) is 15.4. The van der Waals surface area contributed by atoms with Crippen molar-refractivity contribution in [3.63, 3.8) is 0 Å². The van der Waals surface area contributed by atoms with E-state index in [-0.39, 0.29) is 0 Å². The van der Waals surface area contributed by atoms with Gasteiger partial charge in [-0.05, 0) is 37.5 Å². The van der Waals surface area contributed by atoms with Gasteiger partial charge in [0.2, 0.25) is 0 Å². The molecule has 0 bridgehead atoms. The molecule has 0 unspecified atom stereocenters. The number of hydrogen-bond donors (Lipinski definition) is 2. The van der Waals surface area contributed by atoms with Crippen LogP contribution in [0.3, 0.4) is 0 Å². The summed E-state index contributed by atoms with van der Waals surface area (Å²) in [7, 11) is 3.37. The first-order chi connectivity index (χ1) is 11.7. The highest BCUT2D eigenvalue weighted by Crippen LogP contribution is 2.18. The van der Waals surface area contributed by atoms with Crippen LogP contribution in [0.2, 0.25) is 0 Å². The van der Waals surface area contributed by atoms with Crippen molar-refractivity contribution < 1.29 is 14.2 Å². The Labute approximate surface area is 145 Å². The quantitative estimate of drug-likeness (QED) is 0.366. The maximum absolute atomic E-state index is 5.41. The fraction of sp³-hybridized carbons (Fsp3) is 0.611. The Hall–Kier alpha value is -1.79. The van der Waals surface area contributed by atoms with E-state index in [1.54, 1.807) is 14.2 Å². The fourth-order valence-corrected chi connectivity index (χ4v) is 2.15. The van der Waals surface area contributed by atoms with Gasteiger partial charge in [-0.3, -0.25) is 4.99 Å². The highest BCUT2D eigenvalue weighted by Gasteiger charge is 2.02. The van der Waals surface area contributed by atoms with Crippen molar-refractivity contribution in [1.82, 2.24) is 10.6 Å². The van der Waals surface area contributed by atoms with Crippen LogP contribution >= 0.6 is 0 Å². The molecule has 0 fully saturated rings. The first kappa shape index (κ1) is 20.3. The van der Waals surface area contributed by atoms with Crippen LogP contribution in [0.4, 0.5) is 0 Å². The maximum Gasteiger partial charge on any atom is 0.191 e. The van der Waals surface area contributed by atoms with Gasteiger partial charge in [0, 0.05) is 20.2 Å². The topological polar surface area (TPSA) is 64.1 Å². The standard InChI is InChI=1S/C18H31N3O3/c1-5-19-18(21-10-11-24-13-12-22-3)20-9-8-16-7-6-15(2)17(14-16)23-4/h6-7,14H,5,8-13H2,1-4H3,(H2,19,20,21). The Morgan fingerprint density at radius 1 is 1.12 bits per heavy atom. The lowest BCUT2D eigenvalue weighted by molar-refractivity contribution is 0.0748. The summed E-state index contributed by atoms with van der Waals surface area (Å²) in [5.74, 6) is 1.74. The van der Waals surface area contributed by atoms with Gasteiger partial charge in [-0.2, -0.15) is 0 Å². The second-order valence-corrected chi connectivity index (χ2v) is 5.35. The molecule has 0 aliphatic heterocycles. The molecule has 0 aromatic heterocycles. The summed E-state index contributed by atoms with van der Waals surface area (Å²) in [5.41, 5.74) is 2.39. The van der Waals surface area contributed by atoms with Crippen molar-refractivity contribution in [2.75, 3.05) is 53.7 Å². The van der Waals surface area contributed by atoms with Crippen LogP contribution in [-0.2, 0) is 15.9 Å². The third-order valence-electron chi connectivity index (χ3n) is 3.46. The molecule has 0 aliphatic rings. The second-order valence-electron chi connectivity index (χ2n) is 5.35. The highest BCUT2D eigenvalue weighted by molar-refractivity contribution is 5.79. The first-order valence-electron chi connectivity index (χ1n) is 8.43. The molecular weight excluding hydrogens is 306 g/mol. The summed E-state index contributed by atoms with van der Waals surface area (Å²) < 4.78 is 15.7. The van der Waals surface area contributed by atoms with E-state index in [1.165, 1.54) is 5.56 Å². The van der Waals surface area contributed by atoms with E-state index < -0.39 is 0 Å². The Kier molecular flexibility index (Phi) is 10.6. The van der Waals surface area contributed by atoms with Crippen LogP contribution in [0.1, 0.15) is 18.1 Å². The number of aryl methyl sites for hydroxylation is 1.